The molecule has 1 heterocycles. The average molecular weight is 257 g/mol. The third kappa shape index (κ3) is 5.14. The smallest absolute Gasteiger partial charge is 0.407 e. The molecule has 17 heavy (non-hydrogen) atoms. The molecule has 0 bridgehead atoms. The number of carbonyl (C=O) groups is 1. The highest BCUT2D eigenvalue weighted by Gasteiger charge is 2.18. The maximum absolute atomic E-state index is 11.5. The monoisotopic (exact) mass is 257 g/mol. The van der Waals surface area contributed by atoms with Crippen molar-refractivity contribution in [3.63, 3.8) is 0 Å². The Kier molecular flexibility index (Phi) is 4.89. The molecule has 0 saturated carbocycles. The van der Waals surface area contributed by atoms with E-state index < -0.39 is 11.7 Å². The normalized spacial score (nSPS) is 13.2. The number of carbonyl (C=O) groups excluding carboxylic acids is 1. The van der Waals surface area contributed by atoms with E-state index in [9.17, 15) is 4.79 Å². The van der Waals surface area contributed by atoms with Crippen molar-refractivity contribution in [2.45, 2.75) is 32.3 Å². The Labute approximate surface area is 105 Å². The van der Waals surface area contributed by atoms with E-state index in [-0.39, 0.29) is 5.92 Å². The van der Waals surface area contributed by atoms with Gasteiger partial charge in [-0.2, -0.15) is 0 Å². The molecular formula is C11H19N3O2S. The number of ether oxygens (including phenoxy) is 1. The number of aromatic nitrogens is 1. The number of hydrogen-bond donors (Lipinski definition) is 2. The predicted molar refractivity (Wildman–Crippen MR) is 68.1 cm³/mol. The van der Waals surface area contributed by atoms with Gasteiger partial charge in [-0.05, 0) is 20.8 Å². The molecule has 0 saturated heterocycles. The molecular weight excluding hydrogens is 238 g/mol. The number of thiazole rings is 1. The van der Waals surface area contributed by atoms with E-state index in [0.29, 0.717) is 13.1 Å². The Balaban J connectivity index is 2.41. The largest absolute Gasteiger partial charge is 0.444 e. The van der Waals surface area contributed by atoms with Crippen LogP contribution in [0.2, 0.25) is 0 Å². The quantitative estimate of drug-likeness (QED) is 0.861. The number of nitrogens with two attached hydrogens (primary N) is 1. The first-order valence-electron chi connectivity index (χ1n) is 5.48. The summed E-state index contributed by atoms with van der Waals surface area (Å²) >= 11 is 1.54. The third-order valence-electron chi connectivity index (χ3n) is 1.98. The Bertz CT molecular complexity index is 346. The number of hydrogen-bond acceptors (Lipinski definition) is 5. The number of nitrogens with zero attached hydrogens (tertiary/aromatic N) is 1. The summed E-state index contributed by atoms with van der Waals surface area (Å²) in [5.74, 6) is 0.0440. The SMILES string of the molecule is CC(C)(C)OC(=O)NCC(CN)c1nccs1. The lowest BCUT2D eigenvalue weighted by Crippen LogP contribution is -2.36. The van der Waals surface area contributed by atoms with Gasteiger partial charge in [-0.1, -0.05) is 0 Å². The van der Waals surface area contributed by atoms with Gasteiger partial charge in [0.2, 0.25) is 0 Å². The zero-order valence-electron chi connectivity index (χ0n) is 10.4. The van der Waals surface area contributed by atoms with Crippen LogP contribution in [0.5, 0.6) is 0 Å². The highest BCUT2D eigenvalue weighted by molar-refractivity contribution is 7.09. The summed E-state index contributed by atoms with van der Waals surface area (Å²) in [7, 11) is 0. The van der Waals surface area contributed by atoms with Gasteiger partial charge in [-0.25, -0.2) is 9.78 Å². The lowest BCUT2D eigenvalue weighted by atomic mass is 10.1. The van der Waals surface area contributed by atoms with E-state index in [0.717, 1.165) is 5.01 Å². The molecule has 5 nitrogen and oxygen atoms in total. The Morgan fingerprint density at radius 2 is 2.35 bits per heavy atom. The molecule has 0 radical (unpaired) electrons. The zero-order valence-corrected chi connectivity index (χ0v) is 11.2. The maximum Gasteiger partial charge on any atom is 0.407 e. The number of amides is 1. The second-order valence-electron chi connectivity index (χ2n) is 4.69. The molecule has 6 heteroatoms. The zero-order chi connectivity index (χ0) is 12.9. The lowest BCUT2D eigenvalue weighted by molar-refractivity contribution is 0.0525. The first kappa shape index (κ1) is 13.9. The van der Waals surface area contributed by atoms with Crippen LogP contribution in [0.15, 0.2) is 11.6 Å². The van der Waals surface area contributed by atoms with E-state index >= 15 is 0 Å². The molecule has 0 aliphatic carbocycles. The Morgan fingerprint density at radius 1 is 1.65 bits per heavy atom. The van der Waals surface area contributed by atoms with Crippen molar-refractivity contribution in [1.82, 2.24) is 10.3 Å². The van der Waals surface area contributed by atoms with Crippen molar-refractivity contribution in [1.29, 1.82) is 0 Å². The van der Waals surface area contributed by atoms with Crippen LogP contribution in [0.4, 0.5) is 4.79 Å². The molecule has 1 atom stereocenters. The molecule has 3 N–H and O–H groups in total. The molecule has 96 valence electrons. The first-order chi connectivity index (χ1) is 7.92. The van der Waals surface area contributed by atoms with Crippen LogP contribution < -0.4 is 11.1 Å². The van der Waals surface area contributed by atoms with Gasteiger partial charge >= 0.3 is 6.09 Å². The van der Waals surface area contributed by atoms with Crippen LogP contribution in [0, 0.1) is 0 Å². The van der Waals surface area contributed by atoms with E-state index in [1.165, 1.54) is 11.3 Å². The topological polar surface area (TPSA) is 77.2 Å². The van der Waals surface area contributed by atoms with E-state index in [2.05, 4.69) is 10.3 Å². The van der Waals surface area contributed by atoms with Crippen molar-refractivity contribution in [3.05, 3.63) is 16.6 Å². The van der Waals surface area contributed by atoms with Gasteiger partial charge in [0.1, 0.15) is 5.60 Å². The minimum atomic E-state index is -0.483. The summed E-state index contributed by atoms with van der Waals surface area (Å²) in [6.45, 7) is 6.37. The molecule has 0 aliphatic heterocycles. The van der Waals surface area contributed by atoms with Crippen molar-refractivity contribution in [3.8, 4) is 0 Å². The summed E-state index contributed by atoms with van der Waals surface area (Å²) in [5, 5.41) is 5.53. The van der Waals surface area contributed by atoms with Crippen LogP contribution in [0.3, 0.4) is 0 Å². The first-order valence-corrected chi connectivity index (χ1v) is 6.36. The second-order valence-corrected chi connectivity index (χ2v) is 5.61. The molecule has 1 unspecified atom stereocenters. The molecule has 0 fully saturated rings. The number of alkyl carbamates (subject to hydrolysis) is 1. The van der Waals surface area contributed by atoms with E-state index in [1.54, 1.807) is 6.20 Å². The molecule has 0 aliphatic rings. The third-order valence-corrected chi connectivity index (χ3v) is 2.91. The number of nitrogens with one attached hydrogen (secondary N) is 1. The molecule has 1 aromatic heterocycles. The highest BCUT2D eigenvalue weighted by atomic mass is 32.1. The van der Waals surface area contributed by atoms with E-state index in [1.807, 2.05) is 26.2 Å². The molecule has 0 aromatic carbocycles. The van der Waals surface area contributed by atoms with E-state index in [4.69, 9.17) is 10.5 Å². The fourth-order valence-electron chi connectivity index (χ4n) is 1.23. The van der Waals surface area contributed by atoms with Crippen LogP contribution in [-0.2, 0) is 4.74 Å². The molecule has 1 aromatic rings. The van der Waals surface area contributed by atoms with Crippen LogP contribution in [-0.4, -0.2) is 29.8 Å². The Morgan fingerprint density at radius 3 is 2.82 bits per heavy atom. The maximum atomic E-state index is 11.5. The molecule has 0 spiro atoms. The van der Waals surface area contributed by atoms with Gasteiger partial charge in [0.15, 0.2) is 0 Å². The van der Waals surface area contributed by atoms with Crippen LogP contribution >= 0.6 is 11.3 Å². The average Bonchev–Trinajstić information content (AvgIpc) is 2.69. The van der Waals surface area contributed by atoms with Crippen LogP contribution in [0.1, 0.15) is 31.7 Å². The van der Waals surface area contributed by atoms with Crippen molar-refractivity contribution in [2.24, 2.45) is 5.73 Å². The summed E-state index contributed by atoms with van der Waals surface area (Å²) < 4.78 is 5.14. The molecule has 1 rings (SSSR count). The molecule has 1 amide bonds. The minimum Gasteiger partial charge on any atom is -0.444 e. The fraction of sp³-hybridized carbons (Fsp3) is 0.636. The van der Waals surface area contributed by atoms with Gasteiger partial charge in [0.05, 0.1) is 5.01 Å². The van der Waals surface area contributed by atoms with Gasteiger partial charge < -0.3 is 15.8 Å². The Hall–Kier alpha value is -1.14. The summed E-state index contributed by atoms with van der Waals surface area (Å²) in [6.07, 6.45) is 1.31. The van der Waals surface area contributed by atoms with Gasteiger partial charge in [-0.3, -0.25) is 0 Å². The summed E-state index contributed by atoms with van der Waals surface area (Å²) in [4.78, 5) is 15.6. The highest BCUT2D eigenvalue weighted by Crippen LogP contribution is 2.16. The summed E-state index contributed by atoms with van der Waals surface area (Å²) in [5.41, 5.74) is 5.17. The number of rotatable bonds is 4. The summed E-state index contributed by atoms with van der Waals surface area (Å²) in [6, 6.07) is 0. The van der Waals surface area contributed by atoms with Crippen LogP contribution in [0.25, 0.3) is 0 Å². The second kappa shape index (κ2) is 5.97. The fourth-order valence-corrected chi connectivity index (χ4v) is 1.98. The lowest BCUT2D eigenvalue weighted by Gasteiger charge is -2.20. The van der Waals surface area contributed by atoms with Gasteiger partial charge in [0.25, 0.3) is 0 Å². The van der Waals surface area contributed by atoms with Crippen molar-refractivity contribution >= 4 is 17.4 Å². The predicted octanol–water partition coefficient (Wildman–Crippen LogP) is 1.71. The minimum absolute atomic E-state index is 0.0440. The van der Waals surface area contributed by atoms with Crippen molar-refractivity contribution < 1.29 is 9.53 Å². The van der Waals surface area contributed by atoms with Gasteiger partial charge in [-0.15, -0.1) is 11.3 Å². The van der Waals surface area contributed by atoms with Crippen molar-refractivity contribution in [2.75, 3.05) is 13.1 Å². The van der Waals surface area contributed by atoms with Gasteiger partial charge in [0, 0.05) is 30.6 Å². The standard InChI is InChI=1S/C11H19N3O2S/c1-11(2,3)16-10(15)14-7-8(6-12)9-13-4-5-17-9/h4-5,8H,6-7,12H2,1-3H3,(H,14,15).